The van der Waals surface area contributed by atoms with Crippen molar-refractivity contribution in [1.82, 2.24) is 0 Å². The van der Waals surface area contributed by atoms with Crippen LogP contribution in [-0.2, 0) is 0 Å². The van der Waals surface area contributed by atoms with E-state index >= 15 is 0 Å². The van der Waals surface area contributed by atoms with Gasteiger partial charge in [-0.25, -0.2) is 0 Å². The molecule has 0 bridgehead atoms. The van der Waals surface area contributed by atoms with Crippen LogP contribution in [0.15, 0.2) is 105 Å². The van der Waals surface area contributed by atoms with Gasteiger partial charge in [-0.1, -0.05) is 72.8 Å². The predicted molar refractivity (Wildman–Crippen MR) is 147 cm³/mol. The van der Waals surface area contributed by atoms with E-state index in [1.165, 1.54) is 0 Å². The van der Waals surface area contributed by atoms with Crippen LogP contribution in [0, 0.1) is 0 Å². The van der Waals surface area contributed by atoms with E-state index in [0.29, 0.717) is 0 Å². The zero-order valence-corrected chi connectivity index (χ0v) is 21.8. The molecule has 184 valence electrons. The maximum atomic E-state index is 6.72. The van der Waals surface area contributed by atoms with Crippen LogP contribution >= 0.6 is 8.16 Å². The van der Waals surface area contributed by atoms with Crippen LogP contribution in [0.5, 0.6) is 11.5 Å². The molecule has 2 atom stereocenters. The first-order valence-electron chi connectivity index (χ1n) is 12.0. The third-order valence-corrected chi connectivity index (χ3v) is 8.35. The van der Waals surface area contributed by atoms with E-state index in [1.807, 2.05) is 72.8 Å². The van der Waals surface area contributed by atoms with Gasteiger partial charge in [-0.05, 0) is 38.1 Å². The third kappa shape index (κ3) is 4.48. The minimum Gasteiger partial charge on any atom is -0.496 e. The maximum Gasteiger partial charge on any atom is 0.310 e. The van der Waals surface area contributed by atoms with E-state index in [-0.39, 0.29) is 12.1 Å². The molecule has 0 fully saturated rings. The first-order valence-corrected chi connectivity index (χ1v) is 13.1. The number of rotatable bonds is 7. The average molecular weight is 500 g/mol. The van der Waals surface area contributed by atoms with Gasteiger partial charge in [0, 0.05) is 34.0 Å². The SMILES string of the molecule is COc1ccccc1[C@H](C)N([C@@H](C)c1ccccc1OC)p1oc2ccccc2c2ccccc2o1. The summed E-state index contributed by atoms with van der Waals surface area (Å²) < 4.78 is 27.2. The van der Waals surface area contributed by atoms with Crippen LogP contribution in [-0.4, -0.2) is 14.2 Å². The second-order valence-corrected chi connectivity index (χ2v) is 9.93. The highest BCUT2D eigenvalue weighted by atomic mass is 31.1. The Morgan fingerprint density at radius 1 is 0.583 bits per heavy atom. The van der Waals surface area contributed by atoms with Gasteiger partial charge in [0.2, 0.25) is 0 Å². The molecule has 4 aromatic carbocycles. The van der Waals surface area contributed by atoms with Crippen LogP contribution in [0.4, 0.5) is 0 Å². The van der Waals surface area contributed by atoms with E-state index in [0.717, 1.165) is 44.6 Å². The van der Waals surface area contributed by atoms with Crippen LogP contribution in [0.1, 0.15) is 37.1 Å². The molecule has 0 aliphatic carbocycles. The van der Waals surface area contributed by atoms with Crippen molar-refractivity contribution in [3.05, 3.63) is 108 Å². The van der Waals surface area contributed by atoms with Crippen LogP contribution < -0.4 is 14.1 Å². The number of hydrogen-bond acceptors (Lipinski definition) is 5. The predicted octanol–water partition coefficient (Wildman–Crippen LogP) is 8.77. The quantitative estimate of drug-likeness (QED) is 0.224. The Hall–Kier alpha value is -3.66. The van der Waals surface area contributed by atoms with E-state index < -0.39 is 8.16 Å². The summed E-state index contributed by atoms with van der Waals surface area (Å²) in [5.41, 5.74) is 3.72. The molecule has 1 aromatic heterocycles. The van der Waals surface area contributed by atoms with Crippen molar-refractivity contribution < 1.29 is 17.9 Å². The molecule has 6 heteroatoms. The van der Waals surface area contributed by atoms with Crippen molar-refractivity contribution in [3.8, 4) is 11.5 Å². The minimum absolute atomic E-state index is 0.0930. The fourth-order valence-electron chi connectivity index (χ4n) is 4.75. The Labute approximate surface area is 212 Å². The molecule has 5 nitrogen and oxygen atoms in total. The largest absolute Gasteiger partial charge is 0.496 e. The van der Waals surface area contributed by atoms with Crippen LogP contribution in [0.3, 0.4) is 0 Å². The Morgan fingerprint density at radius 3 is 1.42 bits per heavy atom. The number of benzene rings is 4. The summed E-state index contributed by atoms with van der Waals surface area (Å²) in [4.78, 5) is 0. The lowest BCUT2D eigenvalue weighted by atomic mass is 10.0. The number of nitrogens with zero attached hydrogens (tertiary/aromatic N) is 1. The molecule has 0 aliphatic heterocycles. The van der Waals surface area contributed by atoms with E-state index in [1.54, 1.807) is 14.2 Å². The lowest BCUT2D eigenvalue weighted by Crippen LogP contribution is -2.28. The highest BCUT2D eigenvalue weighted by Crippen LogP contribution is 2.48. The summed E-state index contributed by atoms with van der Waals surface area (Å²) >= 11 is 0. The van der Waals surface area contributed by atoms with Crippen molar-refractivity contribution >= 4 is 30.1 Å². The molecule has 36 heavy (non-hydrogen) atoms. The average Bonchev–Trinajstić information content (AvgIpc) is 3.09. The molecule has 5 aromatic rings. The lowest BCUT2D eigenvalue weighted by molar-refractivity contribution is 0.399. The summed E-state index contributed by atoms with van der Waals surface area (Å²) in [6.45, 7) is 4.34. The monoisotopic (exact) mass is 499 g/mol. The summed E-state index contributed by atoms with van der Waals surface area (Å²) in [5, 5.41) is 2.04. The summed E-state index contributed by atoms with van der Waals surface area (Å²) in [6.07, 6.45) is 0. The van der Waals surface area contributed by atoms with Gasteiger partial charge >= 0.3 is 8.16 Å². The summed E-state index contributed by atoms with van der Waals surface area (Å²) in [5.74, 6) is 1.65. The van der Waals surface area contributed by atoms with Gasteiger partial charge in [0.1, 0.15) is 22.7 Å². The zero-order valence-electron chi connectivity index (χ0n) is 20.9. The van der Waals surface area contributed by atoms with E-state index in [2.05, 4.69) is 42.8 Å². The number of fused-ring (bicyclic) bond motifs is 3. The minimum atomic E-state index is -1.57. The topological polar surface area (TPSA) is 48.0 Å². The molecule has 5 rings (SSSR count). The molecule has 0 radical (unpaired) electrons. The third-order valence-electron chi connectivity index (χ3n) is 6.58. The summed E-state index contributed by atoms with van der Waals surface area (Å²) in [6, 6.07) is 32.3. The molecule has 1 heterocycles. The lowest BCUT2D eigenvalue weighted by Gasteiger charge is -2.32. The van der Waals surface area contributed by atoms with Crippen molar-refractivity contribution in [2.75, 3.05) is 18.9 Å². The Balaban J connectivity index is 1.79. The van der Waals surface area contributed by atoms with Crippen LogP contribution in [0.2, 0.25) is 0 Å². The smallest absolute Gasteiger partial charge is 0.310 e. The second kappa shape index (κ2) is 10.5. The molecule has 0 N–H and O–H groups in total. The molecule has 0 saturated carbocycles. The first-order chi connectivity index (χ1) is 17.6. The maximum absolute atomic E-state index is 6.72. The highest BCUT2D eigenvalue weighted by molar-refractivity contribution is 7.39. The zero-order chi connectivity index (χ0) is 25.1. The van der Waals surface area contributed by atoms with Crippen molar-refractivity contribution in [2.24, 2.45) is 0 Å². The van der Waals surface area contributed by atoms with E-state index in [4.69, 9.17) is 17.9 Å². The van der Waals surface area contributed by atoms with Gasteiger partial charge in [0.05, 0.1) is 14.2 Å². The number of hydrogen-bond donors (Lipinski definition) is 0. The number of methoxy groups -OCH3 is 2. The van der Waals surface area contributed by atoms with Crippen LogP contribution in [0.25, 0.3) is 21.9 Å². The highest BCUT2D eigenvalue weighted by Gasteiger charge is 2.31. The van der Waals surface area contributed by atoms with Gasteiger partial charge in [-0.15, -0.1) is 0 Å². The normalized spacial score (nSPS) is 13.0. The van der Waals surface area contributed by atoms with Gasteiger partial charge in [-0.3, -0.25) is 0 Å². The molecular formula is C30H30NO4P. The number of ether oxygens (including phenoxy) is 2. The molecule has 0 spiro atoms. The standard InChI is InChI=1S/C30H30NO4P/c1-21(23-13-5-9-17-27(23)32-3)31(22(2)24-14-6-10-18-28(24)33-4)36-34-29-19-11-7-15-25(29)26-16-8-12-20-30(26)35-36/h5-22H,1-4H3/t21-,22-/m0/s1. The fourth-order valence-corrected chi connectivity index (χ4v) is 6.44. The van der Waals surface area contributed by atoms with Gasteiger partial charge in [0.25, 0.3) is 0 Å². The summed E-state index contributed by atoms with van der Waals surface area (Å²) in [7, 11) is 1.84. The van der Waals surface area contributed by atoms with Crippen molar-refractivity contribution in [2.45, 2.75) is 25.9 Å². The molecule has 0 aliphatic rings. The number of para-hydroxylation sites is 4. The first kappa shape index (κ1) is 24.1. The Bertz CT molecular complexity index is 1420. The fraction of sp³-hybridized carbons (Fsp3) is 0.200. The van der Waals surface area contributed by atoms with Crippen molar-refractivity contribution in [1.29, 1.82) is 0 Å². The van der Waals surface area contributed by atoms with Gasteiger partial charge < -0.3 is 17.9 Å². The second-order valence-electron chi connectivity index (χ2n) is 8.63. The van der Waals surface area contributed by atoms with E-state index in [9.17, 15) is 0 Å². The molecular weight excluding hydrogens is 469 g/mol. The van der Waals surface area contributed by atoms with Crippen molar-refractivity contribution in [3.63, 3.8) is 0 Å². The molecule has 0 amide bonds. The Kier molecular flexibility index (Phi) is 7.04. The Morgan fingerprint density at radius 2 is 0.972 bits per heavy atom. The molecule has 0 unspecified atom stereocenters. The van der Waals surface area contributed by atoms with Gasteiger partial charge in [0.15, 0.2) is 0 Å². The van der Waals surface area contributed by atoms with Gasteiger partial charge in [-0.2, -0.15) is 4.67 Å². The molecule has 0 saturated heterocycles.